The summed E-state index contributed by atoms with van der Waals surface area (Å²) in [5.74, 6) is 2.12. The van der Waals surface area contributed by atoms with E-state index in [1.54, 1.807) is 0 Å². The zero-order chi connectivity index (χ0) is 14.1. The van der Waals surface area contributed by atoms with Gasteiger partial charge in [-0.1, -0.05) is 12.8 Å². The lowest BCUT2D eigenvalue weighted by Gasteiger charge is -2.43. The van der Waals surface area contributed by atoms with Crippen molar-refractivity contribution in [2.24, 2.45) is 5.92 Å². The summed E-state index contributed by atoms with van der Waals surface area (Å²) in [7, 11) is 0. The van der Waals surface area contributed by atoms with Crippen molar-refractivity contribution in [1.82, 2.24) is 10.2 Å². The molecule has 2 atom stereocenters. The van der Waals surface area contributed by atoms with Gasteiger partial charge in [0.15, 0.2) is 0 Å². The van der Waals surface area contributed by atoms with E-state index in [0.29, 0.717) is 0 Å². The van der Waals surface area contributed by atoms with E-state index in [-0.39, 0.29) is 0 Å². The molecule has 116 valence electrons. The van der Waals surface area contributed by atoms with Crippen molar-refractivity contribution in [2.45, 2.75) is 76.5 Å². The highest BCUT2D eigenvalue weighted by Gasteiger charge is 2.33. The Morgan fingerprint density at radius 3 is 2.86 bits per heavy atom. The topological polar surface area (TPSA) is 28.4 Å². The highest BCUT2D eigenvalue weighted by Crippen LogP contribution is 2.36. The summed E-state index contributed by atoms with van der Waals surface area (Å²) in [5.41, 5.74) is 1.31. The van der Waals surface area contributed by atoms with Crippen molar-refractivity contribution >= 4 is 0 Å². The van der Waals surface area contributed by atoms with Crippen LogP contribution in [0.1, 0.15) is 62.7 Å². The van der Waals surface area contributed by atoms with Crippen molar-refractivity contribution < 1.29 is 4.42 Å². The van der Waals surface area contributed by atoms with Gasteiger partial charge in [-0.2, -0.15) is 0 Å². The maximum absolute atomic E-state index is 5.82. The van der Waals surface area contributed by atoms with Crippen molar-refractivity contribution in [1.29, 1.82) is 0 Å². The van der Waals surface area contributed by atoms with E-state index in [4.69, 9.17) is 4.42 Å². The first-order valence-electron chi connectivity index (χ1n) is 8.92. The number of hydrogen-bond acceptors (Lipinski definition) is 3. The Kier molecular flexibility index (Phi) is 4.04. The summed E-state index contributed by atoms with van der Waals surface area (Å²) in [6, 6.07) is 3.86. The van der Waals surface area contributed by atoms with Gasteiger partial charge in [0.2, 0.25) is 0 Å². The number of piperidine rings is 1. The van der Waals surface area contributed by atoms with Crippen LogP contribution in [-0.4, -0.2) is 23.5 Å². The predicted octanol–water partition coefficient (Wildman–Crippen LogP) is 3.69. The molecule has 1 saturated heterocycles. The number of likely N-dealkylation sites (tertiary alicyclic amines) is 1. The minimum absolute atomic E-state index is 0.772. The zero-order valence-corrected chi connectivity index (χ0v) is 13.0. The zero-order valence-electron chi connectivity index (χ0n) is 13.0. The van der Waals surface area contributed by atoms with E-state index < -0.39 is 0 Å². The normalized spacial score (nSPS) is 30.3. The minimum Gasteiger partial charge on any atom is -0.468 e. The van der Waals surface area contributed by atoms with Gasteiger partial charge in [-0.15, -0.1) is 0 Å². The molecule has 1 aromatic heterocycles. The van der Waals surface area contributed by atoms with Gasteiger partial charge in [0.1, 0.15) is 5.76 Å². The SMILES string of the molecule is c1oc(CN2CCCC3CCCCC32)cc1CNC1CC1. The molecule has 0 spiro atoms. The van der Waals surface area contributed by atoms with Crippen molar-refractivity contribution in [3.8, 4) is 0 Å². The Morgan fingerprint density at radius 1 is 1.10 bits per heavy atom. The Balaban J connectivity index is 1.35. The Morgan fingerprint density at radius 2 is 1.95 bits per heavy atom. The van der Waals surface area contributed by atoms with E-state index in [1.165, 1.54) is 63.5 Å². The van der Waals surface area contributed by atoms with Crippen LogP contribution in [0.2, 0.25) is 0 Å². The minimum atomic E-state index is 0.772. The van der Waals surface area contributed by atoms with Crippen LogP contribution in [0.4, 0.5) is 0 Å². The first-order chi connectivity index (χ1) is 10.4. The second kappa shape index (κ2) is 6.13. The maximum Gasteiger partial charge on any atom is 0.118 e. The number of nitrogens with zero attached hydrogens (tertiary/aromatic N) is 1. The van der Waals surface area contributed by atoms with Crippen LogP contribution >= 0.6 is 0 Å². The fourth-order valence-corrected chi connectivity index (χ4v) is 4.28. The Hall–Kier alpha value is -0.800. The van der Waals surface area contributed by atoms with Crippen LogP contribution in [0.5, 0.6) is 0 Å². The van der Waals surface area contributed by atoms with Gasteiger partial charge in [-0.25, -0.2) is 0 Å². The molecule has 2 heterocycles. The number of furan rings is 1. The molecule has 0 aromatic carbocycles. The fourth-order valence-electron chi connectivity index (χ4n) is 4.28. The van der Waals surface area contributed by atoms with Crippen LogP contribution in [0.3, 0.4) is 0 Å². The highest BCUT2D eigenvalue weighted by atomic mass is 16.3. The van der Waals surface area contributed by atoms with E-state index in [1.807, 2.05) is 6.26 Å². The molecule has 3 nitrogen and oxygen atoms in total. The quantitative estimate of drug-likeness (QED) is 0.896. The standard InChI is InChI=1S/C18H28N2O/c1-2-6-18-15(4-1)5-3-9-20(18)12-17-10-14(13-21-17)11-19-16-7-8-16/h10,13,15-16,18-19H,1-9,11-12H2. The second-order valence-corrected chi connectivity index (χ2v) is 7.30. The summed E-state index contributed by atoms with van der Waals surface area (Å²) in [4.78, 5) is 2.70. The molecule has 3 fully saturated rings. The summed E-state index contributed by atoms with van der Waals surface area (Å²) in [5, 5.41) is 3.56. The summed E-state index contributed by atoms with van der Waals surface area (Å²) >= 11 is 0. The molecule has 4 rings (SSSR count). The second-order valence-electron chi connectivity index (χ2n) is 7.30. The van der Waals surface area contributed by atoms with Crippen LogP contribution in [0, 0.1) is 5.92 Å². The Bertz CT molecular complexity index is 464. The first kappa shape index (κ1) is 13.8. The summed E-state index contributed by atoms with van der Waals surface area (Å²) in [6.45, 7) is 3.25. The molecule has 0 bridgehead atoms. The van der Waals surface area contributed by atoms with E-state index in [0.717, 1.165) is 36.9 Å². The number of rotatable bonds is 5. The monoisotopic (exact) mass is 288 g/mol. The third-order valence-corrected chi connectivity index (χ3v) is 5.60. The molecule has 2 aliphatic carbocycles. The predicted molar refractivity (Wildman–Crippen MR) is 84.0 cm³/mol. The van der Waals surface area contributed by atoms with Gasteiger partial charge in [0.25, 0.3) is 0 Å². The van der Waals surface area contributed by atoms with E-state index in [2.05, 4.69) is 16.3 Å². The fraction of sp³-hybridized carbons (Fsp3) is 0.778. The van der Waals surface area contributed by atoms with Crippen LogP contribution in [0.25, 0.3) is 0 Å². The summed E-state index contributed by atoms with van der Waals surface area (Å²) < 4.78 is 5.82. The third-order valence-electron chi connectivity index (χ3n) is 5.60. The molecule has 3 aliphatic rings. The van der Waals surface area contributed by atoms with Crippen LogP contribution in [-0.2, 0) is 13.1 Å². The number of hydrogen-bond donors (Lipinski definition) is 1. The summed E-state index contributed by atoms with van der Waals surface area (Å²) in [6.07, 6.45) is 13.2. The molecule has 21 heavy (non-hydrogen) atoms. The molecule has 1 aromatic rings. The van der Waals surface area contributed by atoms with Gasteiger partial charge >= 0.3 is 0 Å². The lowest BCUT2D eigenvalue weighted by atomic mass is 9.78. The lowest BCUT2D eigenvalue weighted by Crippen LogP contribution is -2.46. The van der Waals surface area contributed by atoms with Gasteiger partial charge in [0, 0.05) is 24.2 Å². The molecule has 3 heteroatoms. The smallest absolute Gasteiger partial charge is 0.118 e. The average molecular weight is 288 g/mol. The lowest BCUT2D eigenvalue weighted by molar-refractivity contribution is 0.0495. The van der Waals surface area contributed by atoms with Crippen LogP contribution < -0.4 is 5.32 Å². The molecule has 1 aliphatic heterocycles. The molecule has 1 N–H and O–H groups in total. The number of fused-ring (bicyclic) bond motifs is 1. The van der Waals surface area contributed by atoms with Crippen LogP contribution in [0.15, 0.2) is 16.7 Å². The van der Waals surface area contributed by atoms with Crippen molar-refractivity contribution in [3.05, 3.63) is 23.7 Å². The molecule has 2 saturated carbocycles. The Labute approximate surface area is 128 Å². The average Bonchev–Trinajstić information content (AvgIpc) is 3.25. The van der Waals surface area contributed by atoms with Crippen molar-refractivity contribution in [2.75, 3.05) is 6.54 Å². The molecule has 0 amide bonds. The molecular weight excluding hydrogens is 260 g/mol. The maximum atomic E-state index is 5.82. The molecule has 0 radical (unpaired) electrons. The van der Waals surface area contributed by atoms with Gasteiger partial charge in [-0.05, 0) is 57.1 Å². The van der Waals surface area contributed by atoms with E-state index in [9.17, 15) is 0 Å². The molecule has 2 unspecified atom stereocenters. The van der Waals surface area contributed by atoms with Crippen molar-refractivity contribution in [3.63, 3.8) is 0 Å². The van der Waals surface area contributed by atoms with Gasteiger partial charge < -0.3 is 9.73 Å². The number of nitrogens with one attached hydrogen (secondary N) is 1. The highest BCUT2D eigenvalue weighted by molar-refractivity contribution is 5.13. The molecular formula is C18H28N2O. The van der Waals surface area contributed by atoms with E-state index >= 15 is 0 Å². The largest absolute Gasteiger partial charge is 0.468 e. The third kappa shape index (κ3) is 3.35. The first-order valence-corrected chi connectivity index (χ1v) is 8.92. The van der Waals surface area contributed by atoms with Gasteiger partial charge in [-0.3, -0.25) is 4.90 Å². The van der Waals surface area contributed by atoms with Gasteiger partial charge in [0.05, 0.1) is 12.8 Å².